The fourth-order valence-corrected chi connectivity index (χ4v) is 4.98. The molecule has 2 N–H and O–H groups in total. The van der Waals surface area contributed by atoms with Crippen molar-refractivity contribution in [1.29, 1.82) is 0 Å². The van der Waals surface area contributed by atoms with E-state index in [-0.39, 0.29) is 41.5 Å². The van der Waals surface area contributed by atoms with Gasteiger partial charge in [0.15, 0.2) is 0 Å². The summed E-state index contributed by atoms with van der Waals surface area (Å²) < 4.78 is 27.3. The minimum Gasteiger partial charge on any atom is -0.329 e. The standard InChI is InChI=1S/C14H21N3O4S.ClH/c1-10-4-3-7-16(13(10)9-15)22(20,21)14-8-12(17(18)19)6-5-11(14)2;/h5-6,8,10,13H,3-4,7,9,15H2,1-2H3;1H. The Labute approximate surface area is 142 Å². The highest BCUT2D eigenvalue weighted by molar-refractivity contribution is 7.89. The van der Waals surface area contributed by atoms with Crippen molar-refractivity contribution in [3.05, 3.63) is 33.9 Å². The highest BCUT2D eigenvalue weighted by Crippen LogP contribution is 2.31. The van der Waals surface area contributed by atoms with E-state index in [2.05, 4.69) is 0 Å². The lowest BCUT2D eigenvalue weighted by Crippen LogP contribution is -2.51. The molecule has 23 heavy (non-hydrogen) atoms. The van der Waals surface area contributed by atoms with Gasteiger partial charge in [0.25, 0.3) is 5.69 Å². The first-order chi connectivity index (χ1) is 10.3. The van der Waals surface area contributed by atoms with E-state index >= 15 is 0 Å². The van der Waals surface area contributed by atoms with Gasteiger partial charge in [-0.3, -0.25) is 10.1 Å². The van der Waals surface area contributed by atoms with E-state index in [0.717, 1.165) is 18.9 Å². The number of hydrogen-bond donors (Lipinski definition) is 1. The van der Waals surface area contributed by atoms with E-state index < -0.39 is 14.9 Å². The normalized spacial score (nSPS) is 22.4. The predicted molar refractivity (Wildman–Crippen MR) is 90.2 cm³/mol. The average molecular weight is 364 g/mol. The molecule has 0 saturated carbocycles. The summed E-state index contributed by atoms with van der Waals surface area (Å²) in [7, 11) is -3.79. The van der Waals surface area contributed by atoms with Crippen LogP contribution in [0.25, 0.3) is 0 Å². The Morgan fingerprint density at radius 1 is 1.43 bits per heavy atom. The summed E-state index contributed by atoms with van der Waals surface area (Å²) in [5.74, 6) is 0.174. The van der Waals surface area contributed by atoms with Crippen LogP contribution in [0, 0.1) is 23.0 Å². The number of nitrogens with zero attached hydrogens (tertiary/aromatic N) is 2. The summed E-state index contributed by atoms with van der Waals surface area (Å²) in [6.07, 6.45) is 1.70. The molecule has 0 amide bonds. The van der Waals surface area contributed by atoms with Crippen LogP contribution >= 0.6 is 12.4 Å². The molecule has 7 nitrogen and oxygen atoms in total. The number of nitro benzene ring substituents is 1. The number of rotatable bonds is 4. The van der Waals surface area contributed by atoms with E-state index in [1.165, 1.54) is 16.4 Å². The van der Waals surface area contributed by atoms with E-state index in [4.69, 9.17) is 5.73 Å². The van der Waals surface area contributed by atoms with Gasteiger partial charge in [-0.1, -0.05) is 13.0 Å². The second kappa shape index (κ2) is 7.57. The van der Waals surface area contributed by atoms with E-state index in [1.54, 1.807) is 6.92 Å². The first-order valence-corrected chi connectivity index (χ1v) is 8.70. The Kier molecular flexibility index (Phi) is 6.52. The Morgan fingerprint density at radius 3 is 2.65 bits per heavy atom. The molecule has 0 radical (unpaired) electrons. The molecule has 2 atom stereocenters. The van der Waals surface area contributed by atoms with Gasteiger partial charge in [-0.15, -0.1) is 12.4 Å². The number of benzene rings is 1. The number of nitro groups is 1. The van der Waals surface area contributed by atoms with Crippen molar-refractivity contribution in [2.75, 3.05) is 13.1 Å². The summed E-state index contributed by atoms with van der Waals surface area (Å²) in [6, 6.07) is 3.65. The van der Waals surface area contributed by atoms with Crippen LogP contribution in [0.15, 0.2) is 23.1 Å². The zero-order valence-electron chi connectivity index (χ0n) is 13.1. The monoisotopic (exact) mass is 363 g/mol. The minimum absolute atomic E-state index is 0. The van der Waals surface area contributed by atoms with Crippen molar-refractivity contribution < 1.29 is 13.3 Å². The van der Waals surface area contributed by atoms with Gasteiger partial charge in [0.05, 0.1) is 9.82 Å². The third-order valence-electron chi connectivity index (χ3n) is 4.28. The molecule has 9 heteroatoms. The molecule has 0 aromatic heterocycles. The third-order valence-corrected chi connectivity index (χ3v) is 6.34. The van der Waals surface area contributed by atoms with Gasteiger partial charge in [0, 0.05) is 31.3 Å². The van der Waals surface area contributed by atoms with Crippen LogP contribution in [0.3, 0.4) is 0 Å². The van der Waals surface area contributed by atoms with Gasteiger partial charge in [-0.2, -0.15) is 4.31 Å². The number of piperidine rings is 1. The molecule has 2 rings (SSSR count). The fourth-order valence-electron chi connectivity index (χ4n) is 2.97. The Balaban J connectivity index is 0.00000264. The smallest absolute Gasteiger partial charge is 0.270 e. The lowest BCUT2D eigenvalue weighted by molar-refractivity contribution is -0.385. The summed E-state index contributed by atoms with van der Waals surface area (Å²) in [6.45, 7) is 4.27. The molecule has 0 spiro atoms. The fraction of sp³-hybridized carbons (Fsp3) is 0.571. The zero-order chi connectivity index (χ0) is 16.5. The van der Waals surface area contributed by atoms with Gasteiger partial charge in [-0.25, -0.2) is 8.42 Å². The molecule has 0 aliphatic carbocycles. The quantitative estimate of drug-likeness (QED) is 0.651. The van der Waals surface area contributed by atoms with Gasteiger partial charge in [0.1, 0.15) is 0 Å². The molecule has 2 unspecified atom stereocenters. The molecule has 1 aromatic carbocycles. The largest absolute Gasteiger partial charge is 0.329 e. The molecule has 0 bridgehead atoms. The van der Waals surface area contributed by atoms with Gasteiger partial charge < -0.3 is 5.73 Å². The maximum Gasteiger partial charge on any atom is 0.270 e. The topological polar surface area (TPSA) is 107 Å². The van der Waals surface area contributed by atoms with Crippen LogP contribution < -0.4 is 5.73 Å². The second-order valence-electron chi connectivity index (χ2n) is 5.75. The first kappa shape index (κ1) is 19.8. The molecule has 130 valence electrons. The predicted octanol–water partition coefficient (Wildman–Crippen LogP) is 2.07. The van der Waals surface area contributed by atoms with Crippen molar-refractivity contribution >= 4 is 28.1 Å². The lowest BCUT2D eigenvalue weighted by Gasteiger charge is -2.38. The molecule has 1 aliphatic rings. The number of hydrogen-bond acceptors (Lipinski definition) is 5. The number of nitrogens with two attached hydrogens (primary N) is 1. The van der Waals surface area contributed by atoms with Crippen LogP contribution in [0.5, 0.6) is 0 Å². The third kappa shape index (κ3) is 3.82. The summed E-state index contributed by atoms with van der Waals surface area (Å²) in [5, 5.41) is 10.9. The number of aryl methyl sites for hydroxylation is 1. The van der Waals surface area contributed by atoms with Crippen molar-refractivity contribution in [3.63, 3.8) is 0 Å². The molecule has 1 fully saturated rings. The maximum atomic E-state index is 12.9. The van der Waals surface area contributed by atoms with Gasteiger partial charge in [0.2, 0.25) is 10.0 Å². The van der Waals surface area contributed by atoms with Crippen LogP contribution in [0.1, 0.15) is 25.3 Å². The van der Waals surface area contributed by atoms with E-state index in [9.17, 15) is 18.5 Å². The number of non-ortho nitro benzene ring substituents is 1. The Bertz CT molecular complexity index is 681. The lowest BCUT2D eigenvalue weighted by atomic mass is 9.93. The van der Waals surface area contributed by atoms with Gasteiger partial charge >= 0.3 is 0 Å². The Morgan fingerprint density at radius 2 is 2.09 bits per heavy atom. The molecule has 1 saturated heterocycles. The van der Waals surface area contributed by atoms with Crippen molar-refractivity contribution in [2.45, 2.75) is 37.6 Å². The van der Waals surface area contributed by atoms with Crippen molar-refractivity contribution in [2.24, 2.45) is 11.7 Å². The van der Waals surface area contributed by atoms with Crippen molar-refractivity contribution in [3.8, 4) is 0 Å². The van der Waals surface area contributed by atoms with E-state index in [0.29, 0.717) is 12.1 Å². The van der Waals surface area contributed by atoms with Crippen molar-refractivity contribution in [1.82, 2.24) is 4.31 Å². The van der Waals surface area contributed by atoms with Crippen LogP contribution in [0.4, 0.5) is 5.69 Å². The molecule has 1 aliphatic heterocycles. The van der Waals surface area contributed by atoms with Gasteiger partial charge in [-0.05, 0) is 31.2 Å². The molecular weight excluding hydrogens is 342 g/mol. The summed E-state index contributed by atoms with van der Waals surface area (Å²) >= 11 is 0. The summed E-state index contributed by atoms with van der Waals surface area (Å²) in [5.41, 5.74) is 6.04. The van der Waals surface area contributed by atoms with Crippen LogP contribution in [-0.2, 0) is 10.0 Å². The summed E-state index contributed by atoms with van der Waals surface area (Å²) in [4.78, 5) is 10.3. The first-order valence-electron chi connectivity index (χ1n) is 7.26. The maximum absolute atomic E-state index is 12.9. The molecule has 1 aromatic rings. The highest BCUT2D eigenvalue weighted by atomic mass is 35.5. The highest BCUT2D eigenvalue weighted by Gasteiger charge is 2.37. The minimum atomic E-state index is -3.79. The average Bonchev–Trinajstić information content (AvgIpc) is 2.46. The number of sulfonamides is 1. The zero-order valence-corrected chi connectivity index (χ0v) is 14.8. The number of halogens is 1. The SMILES string of the molecule is Cc1ccc([N+](=O)[O-])cc1S(=O)(=O)N1CCCC(C)C1CN.Cl. The molecule has 1 heterocycles. The van der Waals surface area contributed by atoms with Crippen LogP contribution in [-0.4, -0.2) is 36.8 Å². The second-order valence-corrected chi connectivity index (χ2v) is 7.60. The van der Waals surface area contributed by atoms with E-state index in [1.807, 2.05) is 6.92 Å². The Hall–Kier alpha value is -1.22. The van der Waals surface area contributed by atoms with Crippen LogP contribution in [0.2, 0.25) is 0 Å². The molecular formula is C14H22ClN3O4S.